The first-order valence-corrected chi connectivity index (χ1v) is 8.25. The van der Waals surface area contributed by atoms with Crippen LogP contribution in [0.2, 0.25) is 0 Å². The summed E-state index contributed by atoms with van der Waals surface area (Å²) in [6, 6.07) is 13.0. The van der Waals surface area contributed by atoms with Crippen LogP contribution in [0.25, 0.3) is 0 Å². The van der Waals surface area contributed by atoms with Gasteiger partial charge in [-0.25, -0.2) is 9.37 Å². The van der Waals surface area contributed by atoms with Crippen LogP contribution < -0.4 is 10.1 Å². The number of hydrogen-bond donors (Lipinski definition) is 1. The van der Waals surface area contributed by atoms with E-state index in [4.69, 9.17) is 4.74 Å². The summed E-state index contributed by atoms with van der Waals surface area (Å²) in [6.45, 7) is 1.80. The van der Waals surface area contributed by atoms with Gasteiger partial charge < -0.3 is 14.6 Å². The molecule has 0 saturated heterocycles. The van der Waals surface area contributed by atoms with Crippen LogP contribution >= 0.6 is 0 Å². The van der Waals surface area contributed by atoms with E-state index in [2.05, 4.69) is 10.3 Å². The third-order valence-electron chi connectivity index (χ3n) is 4.08. The summed E-state index contributed by atoms with van der Waals surface area (Å²) >= 11 is 0. The highest BCUT2D eigenvalue weighted by Gasteiger charge is 2.21. The molecule has 0 radical (unpaired) electrons. The Morgan fingerprint density at radius 2 is 1.96 bits per heavy atom. The molecular formula is C20H20FN3O2. The summed E-state index contributed by atoms with van der Waals surface area (Å²) in [6.07, 6.45) is 3.45. The fourth-order valence-corrected chi connectivity index (χ4v) is 2.67. The SMILES string of the molecule is Cc1ccccc1OCC(=O)NC(c1ccc(F)cc1)c1nccn1C. The first-order valence-electron chi connectivity index (χ1n) is 8.25. The minimum atomic E-state index is -0.497. The molecule has 0 fully saturated rings. The van der Waals surface area contributed by atoms with E-state index in [-0.39, 0.29) is 18.3 Å². The van der Waals surface area contributed by atoms with Crippen molar-refractivity contribution in [3.05, 3.63) is 83.7 Å². The van der Waals surface area contributed by atoms with Gasteiger partial charge in [0.2, 0.25) is 0 Å². The van der Waals surface area contributed by atoms with Crippen molar-refractivity contribution in [2.75, 3.05) is 6.61 Å². The van der Waals surface area contributed by atoms with Gasteiger partial charge in [-0.3, -0.25) is 4.79 Å². The Balaban J connectivity index is 1.75. The van der Waals surface area contributed by atoms with E-state index in [9.17, 15) is 9.18 Å². The molecule has 26 heavy (non-hydrogen) atoms. The average molecular weight is 353 g/mol. The molecule has 5 nitrogen and oxygen atoms in total. The number of halogens is 1. The van der Waals surface area contributed by atoms with Gasteiger partial charge in [-0.1, -0.05) is 30.3 Å². The zero-order valence-electron chi connectivity index (χ0n) is 14.6. The molecule has 1 unspecified atom stereocenters. The molecule has 0 spiro atoms. The van der Waals surface area contributed by atoms with Gasteiger partial charge in [-0.05, 0) is 36.2 Å². The van der Waals surface area contributed by atoms with E-state index < -0.39 is 6.04 Å². The van der Waals surface area contributed by atoms with Crippen molar-refractivity contribution in [1.29, 1.82) is 0 Å². The number of benzene rings is 2. The number of rotatable bonds is 6. The topological polar surface area (TPSA) is 56.1 Å². The Kier molecular flexibility index (Phi) is 5.31. The van der Waals surface area contributed by atoms with Crippen LogP contribution in [-0.2, 0) is 11.8 Å². The third kappa shape index (κ3) is 4.08. The number of amides is 1. The number of nitrogens with one attached hydrogen (secondary N) is 1. The minimum Gasteiger partial charge on any atom is -0.484 e. The second-order valence-electron chi connectivity index (χ2n) is 6.00. The Bertz CT molecular complexity index is 890. The Hall–Kier alpha value is -3.15. The van der Waals surface area contributed by atoms with Crippen LogP contribution in [-0.4, -0.2) is 22.1 Å². The number of imidazole rings is 1. The molecule has 3 rings (SSSR count). The molecular weight excluding hydrogens is 333 g/mol. The van der Waals surface area contributed by atoms with E-state index in [0.29, 0.717) is 11.6 Å². The fourth-order valence-electron chi connectivity index (χ4n) is 2.67. The standard InChI is InChI=1S/C20H20FN3O2/c1-14-5-3-4-6-17(14)26-13-18(25)23-19(20-22-11-12-24(20)2)15-7-9-16(21)10-8-15/h3-12,19H,13H2,1-2H3,(H,23,25). The van der Waals surface area contributed by atoms with Crippen molar-refractivity contribution < 1.29 is 13.9 Å². The van der Waals surface area contributed by atoms with Crippen molar-refractivity contribution in [3.63, 3.8) is 0 Å². The number of hydrogen-bond acceptors (Lipinski definition) is 3. The second kappa shape index (κ2) is 7.82. The van der Waals surface area contributed by atoms with Gasteiger partial charge in [0.1, 0.15) is 23.4 Å². The summed E-state index contributed by atoms with van der Waals surface area (Å²) in [4.78, 5) is 16.8. The number of carbonyl (C=O) groups excluding carboxylic acids is 1. The fraction of sp³-hybridized carbons (Fsp3) is 0.200. The molecule has 6 heteroatoms. The molecule has 1 N–H and O–H groups in total. The summed E-state index contributed by atoms with van der Waals surface area (Å²) in [5, 5.41) is 2.92. The van der Waals surface area contributed by atoms with Gasteiger partial charge in [-0.15, -0.1) is 0 Å². The molecule has 1 amide bonds. The first kappa shape index (κ1) is 17.7. The number of nitrogens with zero attached hydrogens (tertiary/aromatic N) is 2. The lowest BCUT2D eigenvalue weighted by atomic mass is 10.1. The van der Waals surface area contributed by atoms with Crippen LogP contribution in [0.15, 0.2) is 60.9 Å². The van der Waals surface area contributed by atoms with Gasteiger partial charge in [0, 0.05) is 19.4 Å². The molecule has 3 aromatic rings. The molecule has 0 aliphatic heterocycles. The van der Waals surface area contributed by atoms with Crippen LogP contribution in [0.5, 0.6) is 5.75 Å². The number of aryl methyl sites for hydroxylation is 2. The maximum Gasteiger partial charge on any atom is 0.258 e. The number of para-hydroxylation sites is 1. The molecule has 0 bridgehead atoms. The molecule has 134 valence electrons. The molecule has 0 aliphatic carbocycles. The highest BCUT2D eigenvalue weighted by Crippen LogP contribution is 2.21. The van der Waals surface area contributed by atoms with E-state index in [1.165, 1.54) is 12.1 Å². The predicted molar refractivity (Wildman–Crippen MR) is 96.3 cm³/mol. The number of carbonyl (C=O) groups is 1. The van der Waals surface area contributed by atoms with Crippen molar-refractivity contribution in [3.8, 4) is 5.75 Å². The Morgan fingerprint density at radius 1 is 1.23 bits per heavy atom. The van der Waals surface area contributed by atoms with E-state index >= 15 is 0 Å². The summed E-state index contributed by atoms with van der Waals surface area (Å²) in [5.41, 5.74) is 1.70. The lowest BCUT2D eigenvalue weighted by Gasteiger charge is -2.19. The molecule has 0 saturated carbocycles. The monoisotopic (exact) mass is 353 g/mol. The van der Waals surface area contributed by atoms with Crippen molar-refractivity contribution in [2.24, 2.45) is 7.05 Å². The molecule has 1 atom stereocenters. The van der Waals surface area contributed by atoms with Crippen LogP contribution in [0.1, 0.15) is 23.0 Å². The number of ether oxygens (including phenoxy) is 1. The van der Waals surface area contributed by atoms with Gasteiger partial charge in [0.05, 0.1) is 0 Å². The highest BCUT2D eigenvalue weighted by molar-refractivity contribution is 5.78. The van der Waals surface area contributed by atoms with Crippen molar-refractivity contribution in [2.45, 2.75) is 13.0 Å². The smallest absolute Gasteiger partial charge is 0.258 e. The van der Waals surface area contributed by atoms with Crippen LogP contribution in [0, 0.1) is 12.7 Å². The van der Waals surface area contributed by atoms with Crippen LogP contribution in [0.3, 0.4) is 0 Å². The Labute approximate surface area is 151 Å². The van der Waals surface area contributed by atoms with E-state index in [0.717, 1.165) is 11.1 Å². The molecule has 0 aliphatic rings. The van der Waals surface area contributed by atoms with E-state index in [1.54, 1.807) is 24.5 Å². The summed E-state index contributed by atoms with van der Waals surface area (Å²) < 4.78 is 20.7. The summed E-state index contributed by atoms with van der Waals surface area (Å²) in [7, 11) is 1.84. The van der Waals surface area contributed by atoms with Gasteiger partial charge >= 0.3 is 0 Å². The Morgan fingerprint density at radius 3 is 2.62 bits per heavy atom. The maximum absolute atomic E-state index is 13.3. The lowest BCUT2D eigenvalue weighted by Crippen LogP contribution is -2.34. The zero-order chi connectivity index (χ0) is 18.5. The number of aromatic nitrogens is 2. The van der Waals surface area contributed by atoms with Crippen molar-refractivity contribution >= 4 is 5.91 Å². The molecule has 1 aromatic heterocycles. The predicted octanol–water partition coefficient (Wildman–Crippen LogP) is 3.15. The van der Waals surface area contributed by atoms with Crippen molar-refractivity contribution in [1.82, 2.24) is 14.9 Å². The highest BCUT2D eigenvalue weighted by atomic mass is 19.1. The second-order valence-corrected chi connectivity index (χ2v) is 6.00. The minimum absolute atomic E-state index is 0.118. The maximum atomic E-state index is 13.3. The van der Waals surface area contributed by atoms with Gasteiger partial charge in [0.25, 0.3) is 5.91 Å². The molecule has 1 heterocycles. The molecule has 2 aromatic carbocycles. The summed E-state index contributed by atoms with van der Waals surface area (Å²) in [5.74, 6) is 0.700. The van der Waals surface area contributed by atoms with Crippen LogP contribution in [0.4, 0.5) is 4.39 Å². The average Bonchev–Trinajstić information content (AvgIpc) is 3.05. The lowest BCUT2D eigenvalue weighted by molar-refractivity contribution is -0.123. The normalized spacial score (nSPS) is 11.8. The quantitative estimate of drug-likeness (QED) is 0.741. The van der Waals surface area contributed by atoms with E-state index in [1.807, 2.05) is 42.8 Å². The van der Waals surface area contributed by atoms with Gasteiger partial charge in [0.15, 0.2) is 6.61 Å². The van der Waals surface area contributed by atoms with Gasteiger partial charge in [-0.2, -0.15) is 0 Å². The zero-order valence-corrected chi connectivity index (χ0v) is 14.6. The first-order chi connectivity index (χ1) is 12.5. The third-order valence-corrected chi connectivity index (χ3v) is 4.08. The largest absolute Gasteiger partial charge is 0.484 e.